The van der Waals surface area contributed by atoms with E-state index in [0.717, 1.165) is 0 Å². The quantitative estimate of drug-likeness (QED) is 0.370. The van der Waals surface area contributed by atoms with Crippen LogP contribution in [0.2, 0.25) is 0 Å². The Kier molecular flexibility index (Phi) is 2.85. The molecule has 0 aromatic heterocycles. The highest BCUT2D eigenvalue weighted by Crippen LogP contribution is 2.26. The number of aliphatic hydroxyl groups is 4. The molecule has 0 radical (unpaired) electrons. The largest absolute Gasteiger partial charge is 0.390 e. The van der Waals surface area contributed by atoms with Crippen molar-refractivity contribution in [3.05, 3.63) is 12.7 Å². The van der Waals surface area contributed by atoms with Gasteiger partial charge in [0.25, 0.3) is 0 Å². The minimum Gasteiger partial charge on any atom is -0.390 e. The van der Waals surface area contributed by atoms with Gasteiger partial charge in [0, 0.05) is 5.92 Å². The predicted octanol–water partition coefficient (Wildman–Crippen LogP) is -1.36. The number of hydrogen-bond acceptors (Lipinski definition) is 4. The van der Waals surface area contributed by atoms with E-state index in [-0.39, 0.29) is 12.3 Å². The summed E-state index contributed by atoms with van der Waals surface area (Å²) in [6, 6.07) is 0. The fourth-order valence-electron chi connectivity index (χ4n) is 1.48. The summed E-state index contributed by atoms with van der Waals surface area (Å²) in [5, 5.41) is 36.9. The summed E-state index contributed by atoms with van der Waals surface area (Å²) in [4.78, 5) is 0. The van der Waals surface area contributed by atoms with Crippen molar-refractivity contribution >= 4 is 0 Å². The molecule has 4 heteroatoms. The van der Waals surface area contributed by atoms with Crippen LogP contribution in [-0.4, -0.2) is 44.8 Å². The molecule has 0 aromatic carbocycles. The van der Waals surface area contributed by atoms with Crippen molar-refractivity contribution in [1.29, 1.82) is 0 Å². The minimum atomic E-state index is -1.28. The summed E-state index contributed by atoms with van der Waals surface area (Å²) >= 11 is 0. The van der Waals surface area contributed by atoms with Crippen LogP contribution in [0.1, 0.15) is 6.42 Å². The van der Waals surface area contributed by atoms with Crippen molar-refractivity contribution in [2.24, 2.45) is 5.92 Å². The second kappa shape index (κ2) is 3.53. The van der Waals surface area contributed by atoms with Crippen molar-refractivity contribution in [1.82, 2.24) is 0 Å². The Balaban J connectivity index is 2.70. The monoisotopic (exact) mass is 174 g/mol. The Hall–Kier alpha value is -0.420. The lowest BCUT2D eigenvalue weighted by Gasteiger charge is -2.36. The van der Waals surface area contributed by atoms with Crippen LogP contribution < -0.4 is 0 Å². The molecule has 4 N–H and O–H groups in total. The first-order chi connectivity index (χ1) is 5.57. The third-order valence-corrected chi connectivity index (χ3v) is 2.35. The number of hydrogen-bond donors (Lipinski definition) is 4. The first-order valence-electron chi connectivity index (χ1n) is 3.92. The molecule has 1 rings (SSSR count). The Morgan fingerprint density at radius 2 is 1.58 bits per heavy atom. The van der Waals surface area contributed by atoms with E-state index in [1.165, 1.54) is 6.08 Å². The molecule has 4 nitrogen and oxygen atoms in total. The molecule has 0 saturated heterocycles. The standard InChI is InChI=1S/C8H14O4/c1-2-4-3-5(9)7(11)8(12)6(4)10/h2,4-12H,1,3H2/t4?,5-,6+,7?,8+/m0/s1. The fraction of sp³-hybridized carbons (Fsp3) is 0.750. The summed E-state index contributed by atoms with van der Waals surface area (Å²) in [6.45, 7) is 3.46. The van der Waals surface area contributed by atoms with Gasteiger partial charge in [-0.3, -0.25) is 0 Å². The maximum absolute atomic E-state index is 9.33. The van der Waals surface area contributed by atoms with Crippen LogP contribution in [0.5, 0.6) is 0 Å². The Morgan fingerprint density at radius 3 is 2.08 bits per heavy atom. The van der Waals surface area contributed by atoms with E-state index in [1.54, 1.807) is 0 Å². The third kappa shape index (κ3) is 1.51. The number of rotatable bonds is 1. The lowest BCUT2D eigenvalue weighted by atomic mass is 9.81. The molecule has 2 unspecified atom stereocenters. The molecule has 0 aromatic rings. The van der Waals surface area contributed by atoms with Gasteiger partial charge in [-0.15, -0.1) is 6.58 Å². The maximum atomic E-state index is 9.33. The molecular weight excluding hydrogens is 160 g/mol. The van der Waals surface area contributed by atoms with Gasteiger partial charge in [-0.1, -0.05) is 6.08 Å². The minimum absolute atomic E-state index is 0.239. The highest BCUT2D eigenvalue weighted by molar-refractivity contribution is 4.98. The molecule has 70 valence electrons. The second-order valence-electron chi connectivity index (χ2n) is 3.17. The topological polar surface area (TPSA) is 80.9 Å². The van der Waals surface area contributed by atoms with E-state index in [9.17, 15) is 15.3 Å². The molecule has 1 aliphatic carbocycles. The molecule has 0 spiro atoms. The molecule has 5 atom stereocenters. The highest BCUT2D eigenvalue weighted by atomic mass is 16.4. The van der Waals surface area contributed by atoms with Gasteiger partial charge in [0.2, 0.25) is 0 Å². The summed E-state index contributed by atoms with van der Waals surface area (Å²) in [6.07, 6.45) is -2.83. The molecule has 0 bridgehead atoms. The zero-order valence-electron chi connectivity index (χ0n) is 6.67. The SMILES string of the molecule is C=CC1C[C@H](O)C(O)[C@H](O)[C@@H]1O. The molecular formula is C8H14O4. The zero-order valence-corrected chi connectivity index (χ0v) is 6.67. The van der Waals surface area contributed by atoms with Gasteiger partial charge >= 0.3 is 0 Å². The first-order valence-corrected chi connectivity index (χ1v) is 3.92. The van der Waals surface area contributed by atoms with Crippen LogP contribution in [0.25, 0.3) is 0 Å². The average Bonchev–Trinajstić information content (AvgIpc) is 2.08. The van der Waals surface area contributed by atoms with Gasteiger partial charge in [-0.25, -0.2) is 0 Å². The van der Waals surface area contributed by atoms with Crippen LogP contribution in [-0.2, 0) is 0 Å². The molecule has 12 heavy (non-hydrogen) atoms. The molecule has 0 amide bonds. The summed E-state index contributed by atoms with van der Waals surface area (Å²) in [5.41, 5.74) is 0. The smallest absolute Gasteiger partial charge is 0.109 e. The molecule has 0 aliphatic heterocycles. The summed E-state index contributed by atoms with van der Waals surface area (Å²) in [5.74, 6) is -0.349. The summed E-state index contributed by atoms with van der Waals surface area (Å²) < 4.78 is 0. The van der Waals surface area contributed by atoms with Crippen molar-refractivity contribution in [3.8, 4) is 0 Å². The average molecular weight is 174 g/mol. The van der Waals surface area contributed by atoms with Gasteiger partial charge in [-0.05, 0) is 6.42 Å². The predicted molar refractivity (Wildman–Crippen MR) is 42.3 cm³/mol. The van der Waals surface area contributed by atoms with Gasteiger partial charge < -0.3 is 20.4 Å². The third-order valence-electron chi connectivity index (χ3n) is 2.35. The van der Waals surface area contributed by atoms with Crippen LogP contribution in [0.15, 0.2) is 12.7 Å². The molecule has 1 fully saturated rings. The van der Waals surface area contributed by atoms with Gasteiger partial charge in [0.15, 0.2) is 0 Å². The zero-order chi connectivity index (χ0) is 9.30. The lowest BCUT2D eigenvalue weighted by Crippen LogP contribution is -2.52. The van der Waals surface area contributed by atoms with Gasteiger partial charge in [0.1, 0.15) is 12.2 Å². The second-order valence-corrected chi connectivity index (χ2v) is 3.17. The van der Waals surface area contributed by atoms with Crippen LogP contribution in [0.4, 0.5) is 0 Å². The van der Waals surface area contributed by atoms with Crippen LogP contribution >= 0.6 is 0 Å². The molecule has 1 saturated carbocycles. The lowest BCUT2D eigenvalue weighted by molar-refractivity contribution is -0.149. The van der Waals surface area contributed by atoms with E-state index in [0.29, 0.717) is 0 Å². The Labute approximate surface area is 70.8 Å². The van der Waals surface area contributed by atoms with E-state index in [4.69, 9.17) is 5.11 Å². The van der Waals surface area contributed by atoms with Gasteiger partial charge in [0.05, 0.1) is 12.2 Å². The molecule has 0 heterocycles. The summed E-state index contributed by atoms with van der Waals surface area (Å²) in [7, 11) is 0. The van der Waals surface area contributed by atoms with Crippen LogP contribution in [0, 0.1) is 5.92 Å². The first kappa shape index (κ1) is 9.67. The Bertz CT molecular complexity index is 170. The number of aliphatic hydroxyl groups excluding tert-OH is 4. The van der Waals surface area contributed by atoms with E-state index < -0.39 is 24.4 Å². The highest BCUT2D eigenvalue weighted by Gasteiger charge is 2.40. The van der Waals surface area contributed by atoms with Crippen LogP contribution in [0.3, 0.4) is 0 Å². The van der Waals surface area contributed by atoms with Crippen molar-refractivity contribution in [2.45, 2.75) is 30.8 Å². The van der Waals surface area contributed by atoms with Gasteiger partial charge in [-0.2, -0.15) is 0 Å². The maximum Gasteiger partial charge on any atom is 0.109 e. The fourth-order valence-corrected chi connectivity index (χ4v) is 1.48. The van der Waals surface area contributed by atoms with Crippen molar-refractivity contribution < 1.29 is 20.4 Å². The van der Waals surface area contributed by atoms with E-state index in [1.807, 2.05) is 0 Å². The Morgan fingerprint density at radius 1 is 1.00 bits per heavy atom. The molecule has 1 aliphatic rings. The normalized spacial score (nSPS) is 48.8. The van der Waals surface area contributed by atoms with E-state index >= 15 is 0 Å². The van der Waals surface area contributed by atoms with Crippen molar-refractivity contribution in [3.63, 3.8) is 0 Å². The van der Waals surface area contributed by atoms with Crippen molar-refractivity contribution in [2.75, 3.05) is 0 Å². The van der Waals surface area contributed by atoms with E-state index in [2.05, 4.69) is 6.58 Å².